The Morgan fingerprint density at radius 3 is 2.04 bits per heavy atom. The van der Waals surface area contributed by atoms with Crippen LogP contribution in [0.2, 0.25) is 0 Å². The number of hydrogen-bond donors (Lipinski definition) is 0. The highest BCUT2D eigenvalue weighted by molar-refractivity contribution is 6.01. The fourth-order valence-corrected chi connectivity index (χ4v) is 3.79. The third kappa shape index (κ3) is 3.27. The molecular weight excluding hydrogens is 342 g/mol. The fourth-order valence-electron chi connectivity index (χ4n) is 3.79. The minimum Gasteiger partial charge on any atom is -0.326 e. The normalized spacial score (nSPS) is 15.7. The molecular formula is C25H21N3. The predicted octanol–water partition coefficient (Wildman–Crippen LogP) is 5.34. The van der Waals surface area contributed by atoms with Crippen molar-refractivity contribution in [2.24, 2.45) is 4.99 Å². The number of nitrogens with zero attached hydrogens (tertiary/aromatic N) is 3. The van der Waals surface area contributed by atoms with Crippen LogP contribution in [0.5, 0.6) is 0 Å². The van der Waals surface area contributed by atoms with Crippen molar-refractivity contribution in [2.75, 3.05) is 0 Å². The van der Waals surface area contributed by atoms with Gasteiger partial charge in [0.25, 0.3) is 0 Å². The van der Waals surface area contributed by atoms with Crippen LogP contribution in [0, 0.1) is 0 Å². The summed E-state index contributed by atoms with van der Waals surface area (Å²) < 4.78 is 2.27. The van der Waals surface area contributed by atoms with Gasteiger partial charge in [-0.3, -0.25) is 4.99 Å². The highest BCUT2D eigenvalue weighted by Crippen LogP contribution is 2.30. The maximum atomic E-state index is 5.13. The van der Waals surface area contributed by atoms with Crippen molar-refractivity contribution in [3.63, 3.8) is 0 Å². The Bertz CT molecular complexity index is 1100. The fraction of sp³-hybridized carbons (Fsp3) is 0.120. The van der Waals surface area contributed by atoms with Crippen LogP contribution in [0.1, 0.15) is 23.0 Å². The molecule has 0 aliphatic carbocycles. The Labute approximate surface area is 165 Å². The molecule has 1 aliphatic heterocycles. The zero-order valence-corrected chi connectivity index (χ0v) is 15.6. The largest absolute Gasteiger partial charge is 0.326 e. The molecule has 1 aromatic heterocycles. The van der Waals surface area contributed by atoms with E-state index >= 15 is 0 Å². The SMILES string of the molecule is c1ccc(CC2N=C(c3ccccc3)Cn3cc(-c4ccccc4)nc32)cc1. The van der Waals surface area contributed by atoms with E-state index in [0.717, 1.165) is 35.8 Å². The summed E-state index contributed by atoms with van der Waals surface area (Å²) in [5.41, 5.74) is 5.73. The molecule has 0 bridgehead atoms. The molecule has 1 unspecified atom stereocenters. The lowest BCUT2D eigenvalue weighted by Crippen LogP contribution is -2.23. The molecule has 4 aromatic rings. The van der Waals surface area contributed by atoms with E-state index in [9.17, 15) is 0 Å². The summed E-state index contributed by atoms with van der Waals surface area (Å²) in [5, 5.41) is 0. The molecule has 1 atom stereocenters. The molecule has 0 fully saturated rings. The van der Waals surface area contributed by atoms with Crippen LogP contribution in [0.15, 0.2) is 102 Å². The van der Waals surface area contributed by atoms with Gasteiger partial charge in [0.1, 0.15) is 11.9 Å². The summed E-state index contributed by atoms with van der Waals surface area (Å²) in [4.78, 5) is 10.1. The highest BCUT2D eigenvalue weighted by Gasteiger charge is 2.25. The van der Waals surface area contributed by atoms with Crippen molar-refractivity contribution in [2.45, 2.75) is 19.0 Å². The van der Waals surface area contributed by atoms with Crippen molar-refractivity contribution in [3.05, 3.63) is 114 Å². The Kier molecular flexibility index (Phi) is 4.34. The van der Waals surface area contributed by atoms with Gasteiger partial charge in [0.15, 0.2) is 0 Å². The van der Waals surface area contributed by atoms with Gasteiger partial charge < -0.3 is 4.57 Å². The van der Waals surface area contributed by atoms with E-state index in [1.807, 2.05) is 12.1 Å². The zero-order valence-electron chi connectivity index (χ0n) is 15.6. The first-order valence-electron chi connectivity index (χ1n) is 9.65. The van der Waals surface area contributed by atoms with Gasteiger partial charge in [0, 0.05) is 18.2 Å². The molecule has 28 heavy (non-hydrogen) atoms. The first-order valence-corrected chi connectivity index (χ1v) is 9.65. The molecule has 3 nitrogen and oxygen atoms in total. The second kappa shape index (κ2) is 7.28. The van der Waals surface area contributed by atoms with Gasteiger partial charge in [-0.15, -0.1) is 0 Å². The Morgan fingerprint density at radius 2 is 1.36 bits per heavy atom. The van der Waals surface area contributed by atoms with Crippen molar-refractivity contribution in [1.29, 1.82) is 0 Å². The molecule has 0 radical (unpaired) electrons. The lowest BCUT2D eigenvalue weighted by atomic mass is 10.0. The third-order valence-electron chi connectivity index (χ3n) is 5.19. The molecule has 2 heterocycles. The molecule has 3 heteroatoms. The van der Waals surface area contributed by atoms with Crippen LogP contribution in [0.25, 0.3) is 11.3 Å². The highest BCUT2D eigenvalue weighted by atomic mass is 15.1. The van der Waals surface area contributed by atoms with Gasteiger partial charge in [-0.1, -0.05) is 91.0 Å². The van der Waals surface area contributed by atoms with E-state index in [4.69, 9.17) is 9.98 Å². The number of aliphatic imine (C=N–C) groups is 1. The minimum absolute atomic E-state index is 0.0174. The topological polar surface area (TPSA) is 30.2 Å². The second-order valence-electron chi connectivity index (χ2n) is 7.13. The molecule has 3 aromatic carbocycles. The van der Waals surface area contributed by atoms with Gasteiger partial charge in [0.05, 0.1) is 18.0 Å². The molecule has 0 saturated carbocycles. The number of benzene rings is 3. The predicted molar refractivity (Wildman–Crippen MR) is 114 cm³/mol. The van der Waals surface area contributed by atoms with E-state index in [2.05, 4.69) is 89.6 Å². The second-order valence-corrected chi connectivity index (χ2v) is 7.13. The Balaban J connectivity index is 1.56. The van der Waals surface area contributed by atoms with Crippen LogP contribution in [0.3, 0.4) is 0 Å². The molecule has 0 amide bonds. The molecule has 0 spiro atoms. The summed E-state index contributed by atoms with van der Waals surface area (Å²) >= 11 is 0. The van der Waals surface area contributed by atoms with Crippen LogP contribution in [-0.2, 0) is 13.0 Å². The van der Waals surface area contributed by atoms with E-state index in [-0.39, 0.29) is 6.04 Å². The molecule has 0 N–H and O–H groups in total. The van der Waals surface area contributed by atoms with Crippen LogP contribution < -0.4 is 0 Å². The minimum atomic E-state index is 0.0174. The van der Waals surface area contributed by atoms with E-state index < -0.39 is 0 Å². The first-order chi connectivity index (χ1) is 13.9. The van der Waals surface area contributed by atoms with Gasteiger partial charge >= 0.3 is 0 Å². The van der Waals surface area contributed by atoms with E-state index in [1.54, 1.807) is 0 Å². The first kappa shape index (κ1) is 16.7. The molecule has 136 valence electrons. The summed E-state index contributed by atoms with van der Waals surface area (Å²) in [6, 6.07) is 31.4. The zero-order chi connectivity index (χ0) is 18.8. The number of hydrogen-bond acceptors (Lipinski definition) is 2. The number of fused-ring (bicyclic) bond motifs is 1. The lowest BCUT2D eigenvalue weighted by Gasteiger charge is -2.22. The molecule has 5 rings (SSSR count). The Hall–Kier alpha value is -3.46. The number of imidazole rings is 1. The van der Waals surface area contributed by atoms with E-state index in [0.29, 0.717) is 0 Å². The maximum absolute atomic E-state index is 5.13. The van der Waals surface area contributed by atoms with Crippen LogP contribution in [-0.4, -0.2) is 15.3 Å². The number of aromatic nitrogens is 2. The monoisotopic (exact) mass is 363 g/mol. The third-order valence-corrected chi connectivity index (χ3v) is 5.19. The van der Waals surface area contributed by atoms with Gasteiger partial charge in [0.2, 0.25) is 0 Å². The average molecular weight is 363 g/mol. The quantitative estimate of drug-likeness (QED) is 0.481. The Morgan fingerprint density at radius 1 is 0.750 bits per heavy atom. The van der Waals surface area contributed by atoms with Crippen molar-refractivity contribution in [3.8, 4) is 11.3 Å². The smallest absolute Gasteiger partial charge is 0.135 e. The van der Waals surface area contributed by atoms with E-state index in [1.165, 1.54) is 11.1 Å². The average Bonchev–Trinajstić information content (AvgIpc) is 3.20. The van der Waals surface area contributed by atoms with Gasteiger partial charge in [-0.2, -0.15) is 0 Å². The summed E-state index contributed by atoms with van der Waals surface area (Å²) in [7, 11) is 0. The van der Waals surface area contributed by atoms with Crippen LogP contribution in [0.4, 0.5) is 0 Å². The lowest BCUT2D eigenvalue weighted by molar-refractivity contribution is 0.595. The summed E-state index contributed by atoms with van der Waals surface area (Å²) in [6.45, 7) is 0.754. The maximum Gasteiger partial charge on any atom is 0.135 e. The standard InChI is InChI=1S/C25H21N3/c1-4-10-19(11-5-1)16-22-25-27-24(21-14-8-3-9-15-21)18-28(25)17-23(26-22)20-12-6-2-7-13-20/h1-15,18,22H,16-17H2. The number of rotatable bonds is 4. The summed E-state index contributed by atoms with van der Waals surface area (Å²) in [6.07, 6.45) is 3.02. The van der Waals surface area contributed by atoms with Gasteiger partial charge in [-0.05, 0) is 11.1 Å². The van der Waals surface area contributed by atoms with Crippen molar-refractivity contribution in [1.82, 2.24) is 9.55 Å². The van der Waals surface area contributed by atoms with Gasteiger partial charge in [-0.25, -0.2) is 4.98 Å². The molecule has 1 aliphatic rings. The van der Waals surface area contributed by atoms with Crippen molar-refractivity contribution >= 4 is 5.71 Å². The molecule has 0 saturated heterocycles. The van der Waals surface area contributed by atoms with Crippen molar-refractivity contribution < 1.29 is 0 Å². The van der Waals surface area contributed by atoms with Crippen LogP contribution >= 0.6 is 0 Å². The summed E-state index contributed by atoms with van der Waals surface area (Å²) in [5.74, 6) is 1.04.